The number of carbonyl (C=O) groups is 1. The van der Waals surface area contributed by atoms with Crippen molar-refractivity contribution >= 4 is 22.4 Å². The number of aromatic nitrogens is 3. The van der Waals surface area contributed by atoms with Gasteiger partial charge in [-0.05, 0) is 24.1 Å². The van der Waals surface area contributed by atoms with E-state index in [4.69, 9.17) is 0 Å². The number of fused-ring (bicyclic) bond motifs is 1. The topological polar surface area (TPSA) is 76.9 Å². The van der Waals surface area contributed by atoms with Crippen LogP contribution in [0, 0.1) is 5.92 Å². The molecule has 0 aliphatic heterocycles. The number of amides is 1. The molecule has 24 heavy (non-hydrogen) atoms. The number of nitrogens with one attached hydrogen (secondary N) is 1. The monoisotopic (exact) mass is 322 g/mol. The molecule has 3 rings (SSSR count). The molecule has 6 heteroatoms. The third-order valence-electron chi connectivity index (χ3n) is 3.54. The Labute approximate surface area is 139 Å². The zero-order chi connectivity index (χ0) is 17.1. The molecule has 0 spiro atoms. The first-order chi connectivity index (χ1) is 11.6. The van der Waals surface area contributed by atoms with Crippen molar-refractivity contribution in [3.8, 4) is 0 Å². The predicted molar refractivity (Wildman–Crippen MR) is 93.0 cm³/mol. The van der Waals surface area contributed by atoms with Crippen LogP contribution >= 0.6 is 0 Å². The Kier molecular flexibility index (Phi) is 4.37. The second-order valence-electron chi connectivity index (χ2n) is 5.97. The summed E-state index contributed by atoms with van der Waals surface area (Å²) in [6.45, 7) is 4.45. The third kappa shape index (κ3) is 3.17. The fourth-order valence-electron chi connectivity index (χ4n) is 2.50. The molecule has 0 unspecified atom stereocenters. The molecule has 0 radical (unpaired) electrons. The Hall–Kier alpha value is -3.02. The maximum Gasteiger partial charge on any atom is 0.276 e. The fraction of sp³-hybridized carbons (Fsp3) is 0.222. The van der Waals surface area contributed by atoms with Crippen molar-refractivity contribution in [2.75, 3.05) is 5.32 Å². The first-order valence-electron chi connectivity index (χ1n) is 7.77. The molecule has 0 atom stereocenters. The molecule has 1 aromatic carbocycles. The number of hydrogen-bond acceptors (Lipinski definition) is 4. The molecule has 0 saturated heterocycles. The molecule has 3 aromatic rings. The normalized spacial score (nSPS) is 11.0. The van der Waals surface area contributed by atoms with Gasteiger partial charge >= 0.3 is 0 Å². The minimum Gasteiger partial charge on any atom is -0.319 e. The Morgan fingerprint density at radius 1 is 1.17 bits per heavy atom. The first kappa shape index (κ1) is 15.9. The van der Waals surface area contributed by atoms with Gasteiger partial charge in [0.15, 0.2) is 5.69 Å². The summed E-state index contributed by atoms with van der Waals surface area (Å²) < 4.78 is 1.37. The molecule has 1 N–H and O–H groups in total. The number of hydrogen-bond donors (Lipinski definition) is 1. The highest BCUT2D eigenvalue weighted by molar-refractivity contribution is 6.11. The molecule has 122 valence electrons. The van der Waals surface area contributed by atoms with Gasteiger partial charge in [0, 0.05) is 18.1 Å². The zero-order valence-electron chi connectivity index (χ0n) is 13.6. The number of anilines is 1. The average Bonchev–Trinajstić information content (AvgIpc) is 2.58. The summed E-state index contributed by atoms with van der Waals surface area (Å²) in [7, 11) is 0. The molecule has 0 aliphatic carbocycles. The second-order valence-corrected chi connectivity index (χ2v) is 5.97. The van der Waals surface area contributed by atoms with Crippen molar-refractivity contribution in [2.45, 2.75) is 20.4 Å². The maximum atomic E-state index is 12.7. The molecule has 6 nitrogen and oxygen atoms in total. The van der Waals surface area contributed by atoms with E-state index in [-0.39, 0.29) is 23.1 Å². The Balaban J connectivity index is 2.10. The maximum absolute atomic E-state index is 12.7. The lowest BCUT2D eigenvalue weighted by atomic mass is 10.1. The lowest BCUT2D eigenvalue weighted by Gasteiger charge is -2.12. The summed E-state index contributed by atoms with van der Waals surface area (Å²) >= 11 is 0. The molecule has 1 amide bonds. The van der Waals surface area contributed by atoms with Crippen molar-refractivity contribution in [3.05, 3.63) is 64.8 Å². The average molecular weight is 322 g/mol. The van der Waals surface area contributed by atoms with Crippen LogP contribution in [0.5, 0.6) is 0 Å². The van der Waals surface area contributed by atoms with E-state index < -0.39 is 0 Å². The van der Waals surface area contributed by atoms with Gasteiger partial charge in [-0.25, -0.2) is 4.68 Å². The SMILES string of the molecule is CC(C)Cn1nc(C(=O)Nc2cccnc2)c2ccccc2c1=O. The van der Waals surface area contributed by atoms with Gasteiger partial charge in [0.25, 0.3) is 11.5 Å². The summed E-state index contributed by atoms with van der Waals surface area (Å²) in [4.78, 5) is 29.2. The van der Waals surface area contributed by atoms with Crippen LogP contribution in [0.15, 0.2) is 53.6 Å². The van der Waals surface area contributed by atoms with Crippen LogP contribution in [-0.4, -0.2) is 20.7 Å². The van der Waals surface area contributed by atoms with Gasteiger partial charge < -0.3 is 5.32 Å². The lowest BCUT2D eigenvalue weighted by molar-refractivity contribution is 0.102. The van der Waals surface area contributed by atoms with Crippen molar-refractivity contribution in [1.82, 2.24) is 14.8 Å². The predicted octanol–water partition coefficient (Wildman–Crippen LogP) is 2.70. The number of carbonyl (C=O) groups excluding carboxylic acids is 1. The van der Waals surface area contributed by atoms with Gasteiger partial charge in [-0.1, -0.05) is 32.0 Å². The van der Waals surface area contributed by atoms with Gasteiger partial charge in [-0.3, -0.25) is 14.6 Å². The summed E-state index contributed by atoms with van der Waals surface area (Å²) in [6.07, 6.45) is 3.19. The molecule has 2 aromatic heterocycles. The first-order valence-corrected chi connectivity index (χ1v) is 7.77. The van der Waals surface area contributed by atoms with Crippen LogP contribution in [0.25, 0.3) is 10.8 Å². The Bertz CT molecular complexity index is 933. The smallest absolute Gasteiger partial charge is 0.276 e. The molecular weight excluding hydrogens is 304 g/mol. The third-order valence-corrected chi connectivity index (χ3v) is 3.54. The van der Waals surface area contributed by atoms with Crippen LogP contribution in [0.3, 0.4) is 0 Å². The minimum atomic E-state index is -0.364. The molecule has 0 bridgehead atoms. The second kappa shape index (κ2) is 6.62. The summed E-state index contributed by atoms with van der Waals surface area (Å²) in [5.74, 6) is -0.123. The van der Waals surface area contributed by atoms with Crippen LogP contribution in [0.2, 0.25) is 0 Å². The number of rotatable bonds is 4. The van der Waals surface area contributed by atoms with E-state index in [0.29, 0.717) is 23.0 Å². The molecular formula is C18H18N4O2. The fourth-order valence-corrected chi connectivity index (χ4v) is 2.50. The number of benzene rings is 1. The Morgan fingerprint density at radius 3 is 2.58 bits per heavy atom. The van der Waals surface area contributed by atoms with Gasteiger partial charge in [-0.15, -0.1) is 0 Å². The quantitative estimate of drug-likeness (QED) is 0.801. The van der Waals surface area contributed by atoms with E-state index in [9.17, 15) is 9.59 Å². The highest BCUT2D eigenvalue weighted by Gasteiger charge is 2.17. The summed E-state index contributed by atoms with van der Waals surface area (Å²) in [5, 5.41) is 8.11. The van der Waals surface area contributed by atoms with Gasteiger partial charge in [0.2, 0.25) is 0 Å². The Morgan fingerprint density at radius 2 is 1.92 bits per heavy atom. The summed E-state index contributed by atoms with van der Waals surface area (Å²) in [5.41, 5.74) is 0.627. The largest absolute Gasteiger partial charge is 0.319 e. The van der Waals surface area contributed by atoms with E-state index in [1.165, 1.54) is 4.68 Å². The van der Waals surface area contributed by atoms with E-state index in [1.54, 1.807) is 48.8 Å². The molecule has 0 aliphatic rings. The van der Waals surface area contributed by atoms with Crippen molar-refractivity contribution in [2.24, 2.45) is 5.92 Å². The van der Waals surface area contributed by atoms with E-state index >= 15 is 0 Å². The van der Waals surface area contributed by atoms with Crippen molar-refractivity contribution < 1.29 is 4.79 Å². The van der Waals surface area contributed by atoms with Gasteiger partial charge in [0.05, 0.1) is 17.3 Å². The van der Waals surface area contributed by atoms with Crippen molar-refractivity contribution in [3.63, 3.8) is 0 Å². The van der Waals surface area contributed by atoms with E-state index in [0.717, 1.165) is 0 Å². The highest BCUT2D eigenvalue weighted by Crippen LogP contribution is 2.15. The highest BCUT2D eigenvalue weighted by atomic mass is 16.2. The summed E-state index contributed by atoms with van der Waals surface area (Å²) in [6, 6.07) is 10.5. The van der Waals surface area contributed by atoms with Crippen LogP contribution in [-0.2, 0) is 6.54 Å². The minimum absolute atomic E-state index is 0.183. The standard InChI is InChI=1S/C18H18N4O2/c1-12(2)11-22-18(24)15-8-4-3-7-14(15)16(21-22)17(23)20-13-6-5-9-19-10-13/h3-10,12H,11H2,1-2H3,(H,20,23). The molecule has 2 heterocycles. The lowest BCUT2D eigenvalue weighted by Crippen LogP contribution is -2.29. The molecule has 0 saturated carbocycles. The number of pyridine rings is 1. The number of nitrogens with zero attached hydrogens (tertiary/aromatic N) is 3. The van der Waals surface area contributed by atoms with E-state index in [2.05, 4.69) is 15.4 Å². The van der Waals surface area contributed by atoms with Gasteiger partial charge in [-0.2, -0.15) is 5.10 Å². The van der Waals surface area contributed by atoms with Crippen LogP contribution in [0.4, 0.5) is 5.69 Å². The van der Waals surface area contributed by atoms with Crippen LogP contribution < -0.4 is 10.9 Å². The van der Waals surface area contributed by atoms with E-state index in [1.807, 2.05) is 13.8 Å². The zero-order valence-corrected chi connectivity index (χ0v) is 13.6. The molecule has 0 fully saturated rings. The van der Waals surface area contributed by atoms with Crippen molar-refractivity contribution in [1.29, 1.82) is 0 Å². The van der Waals surface area contributed by atoms with Crippen LogP contribution in [0.1, 0.15) is 24.3 Å². The van der Waals surface area contributed by atoms with Gasteiger partial charge in [0.1, 0.15) is 0 Å².